The molecular weight excluding hydrogens is 132 g/mol. The van der Waals surface area contributed by atoms with Gasteiger partial charge in [-0.2, -0.15) is 0 Å². The van der Waals surface area contributed by atoms with Gasteiger partial charge in [0.05, 0.1) is 13.0 Å². The van der Waals surface area contributed by atoms with Crippen LogP contribution in [0, 0.1) is 5.92 Å². The molecule has 0 radical (unpaired) electrons. The predicted octanol–water partition coefficient (Wildman–Crippen LogP) is 0.529. The molecule has 1 atom stereocenters. The summed E-state index contributed by atoms with van der Waals surface area (Å²) in [5, 5.41) is 0. The molecular formula is C7H10O3. The molecule has 0 aromatic heterocycles. The van der Waals surface area contributed by atoms with Crippen LogP contribution >= 0.6 is 0 Å². The fourth-order valence-electron chi connectivity index (χ4n) is 1.18. The Hall–Kier alpha value is -0.860. The molecule has 10 heavy (non-hydrogen) atoms. The predicted molar refractivity (Wildman–Crippen MR) is 34.4 cm³/mol. The van der Waals surface area contributed by atoms with E-state index >= 15 is 0 Å². The first kappa shape index (κ1) is 7.25. The first-order valence-corrected chi connectivity index (χ1v) is 3.33. The Morgan fingerprint density at radius 3 is 2.80 bits per heavy atom. The molecule has 3 heteroatoms. The summed E-state index contributed by atoms with van der Waals surface area (Å²) in [6, 6.07) is 0. The normalized spacial score (nSPS) is 24.9. The topological polar surface area (TPSA) is 43.4 Å². The average Bonchev–Trinajstić information content (AvgIpc) is 2.34. The van der Waals surface area contributed by atoms with Gasteiger partial charge >= 0.3 is 5.97 Å². The van der Waals surface area contributed by atoms with Crippen LogP contribution in [0.3, 0.4) is 0 Å². The van der Waals surface area contributed by atoms with Crippen molar-refractivity contribution < 1.29 is 14.3 Å². The maximum absolute atomic E-state index is 10.8. The van der Waals surface area contributed by atoms with Crippen molar-refractivity contribution in [3.63, 3.8) is 0 Å². The Morgan fingerprint density at radius 1 is 1.70 bits per heavy atom. The van der Waals surface area contributed by atoms with Crippen molar-refractivity contribution in [2.24, 2.45) is 5.92 Å². The molecule has 3 nitrogen and oxygen atoms in total. The second kappa shape index (κ2) is 2.82. The summed E-state index contributed by atoms with van der Waals surface area (Å²) in [5.41, 5.74) is 0. The molecule has 0 bridgehead atoms. The zero-order chi connectivity index (χ0) is 7.56. The van der Waals surface area contributed by atoms with Gasteiger partial charge in [0.1, 0.15) is 5.78 Å². The second-order valence-corrected chi connectivity index (χ2v) is 2.50. The van der Waals surface area contributed by atoms with Crippen LogP contribution in [0.15, 0.2) is 0 Å². The Bertz CT molecular complexity index is 162. The van der Waals surface area contributed by atoms with Gasteiger partial charge in [-0.25, -0.2) is 0 Å². The molecule has 0 aromatic carbocycles. The second-order valence-electron chi connectivity index (χ2n) is 2.50. The summed E-state index contributed by atoms with van der Waals surface area (Å²) < 4.78 is 4.49. The van der Waals surface area contributed by atoms with Gasteiger partial charge in [0.2, 0.25) is 0 Å². The van der Waals surface area contributed by atoms with Gasteiger partial charge in [0.25, 0.3) is 0 Å². The van der Waals surface area contributed by atoms with E-state index in [1.807, 2.05) is 0 Å². The van der Waals surface area contributed by atoms with Gasteiger partial charge in [0, 0.05) is 12.8 Å². The van der Waals surface area contributed by atoms with Crippen molar-refractivity contribution in [1.82, 2.24) is 0 Å². The number of carbonyl (C=O) groups is 2. The van der Waals surface area contributed by atoms with Gasteiger partial charge in [-0.3, -0.25) is 9.59 Å². The molecule has 1 aliphatic carbocycles. The van der Waals surface area contributed by atoms with Crippen molar-refractivity contribution in [3.8, 4) is 0 Å². The summed E-state index contributed by atoms with van der Waals surface area (Å²) >= 11 is 0. The van der Waals surface area contributed by atoms with E-state index in [4.69, 9.17) is 0 Å². The van der Waals surface area contributed by atoms with Crippen LogP contribution in [0.1, 0.15) is 19.3 Å². The first-order valence-electron chi connectivity index (χ1n) is 3.33. The van der Waals surface area contributed by atoms with Crippen molar-refractivity contribution in [3.05, 3.63) is 0 Å². The van der Waals surface area contributed by atoms with Gasteiger partial charge in [-0.15, -0.1) is 0 Å². The van der Waals surface area contributed by atoms with Crippen LogP contribution in [-0.2, 0) is 14.3 Å². The fourth-order valence-corrected chi connectivity index (χ4v) is 1.18. The number of ether oxygens (including phenoxy) is 1. The van der Waals surface area contributed by atoms with Crippen LogP contribution in [0.2, 0.25) is 0 Å². The third kappa shape index (κ3) is 1.35. The van der Waals surface area contributed by atoms with Crippen molar-refractivity contribution >= 4 is 11.8 Å². The van der Waals surface area contributed by atoms with Gasteiger partial charge in [0.15, 0.2) is 0 Å². The van der Waals surface area contributed by atoms with Crippen LogP contribution < -0.4 is 0 Å². The number of carbonyl (C=O) groups excluding carboxylic acids is 2. The van der Waals surface area contributed by atoms with Crippen molar-refractivity contribution in [1.29, 1.82) is 0 Å². The quantitative estimate of drug-likeness (QED) is 0.501. The zero-order valence-corrected chi connectivity index (χ0v) is 5.92. The minimum absolute atomic E-state index is 0.155. The molecule has 0 amide bonds. The highest BCUT2D eigenvalue weighted by Gasteiger charge is 2.28. The van der Waals surface area contributed by atoms with Gasteiger partial charge < -0.3 is 4.74 Å². The Kier molecular flexibility index (Phi) is 2.04. The van der Waals surface area contributed by atoms with E-state index in [9.17, 15) is 9.59 Å². The third-order valence-electron chi connectivity index (χ3n) is 1.78. The van der Waals surface area contributed by atoms with Crippen LogP contribution in [-0.4, -0.2) is 18.9 Å². The van der Waals surface area contributed by atoms with E-state index < -0.39 is 0 Å². The molecule has 0 saturated heterocycles. The molecule has 0 aromatic rings. The largest absolute Gasteiger partial charge is 0.469 e. The SMILES string of the molecule is COC(=O)[C@@H]1CCC(=O)C1. The molecule has 1 rings (SSSR count). The molecule has 1 aliphatic rings. The molecule has 0 spiro atoms. The Labute approximate surface area is 59.4 Å². The standard InChI is InChI=1S/C7H10O3/c1-10-7(9)5-2-3-6(8)4-5/h5H,2-4H2,1H3/t5-/m1/s1. The summed E-state index contributed by atoms with van der Waals surface area (Å²) in [4.78, 5) is 21.5. The van der Waals surface area contributed by atoms with Crippen LogP contribution in [0.5, 0.6) is 0 Å². The Morgan fingerprint density at radius 2 is 2.40 bits per heavy atom. The number of ketones is 1. The zero-order valence-electron chi connectivity index (χ0n) is 5.92. The highest BCUT2D eigenvalue weighted by molar-refractivity contribution is 5.87. The van der Waals surface area contributed by atoms with E-state index in [1.165, 1.54) is 7.11 Å². The van der Waals surface area contributed by atoms with Crippen LogP contribution in [0.25, 0.3) is 0 Å². The number of hydrogen-bond donors (Lipinski definition) is 0. The van der Waals surface area contributed by atoms with E-state index in [1.54, 1.807) is 0 Å². The highest BCUT2D eigenvalue weighted by atomic mass is 16.5. The van der Waals surface area contributed by atoms with E-state index in [2.05, 4.69) is 4.74 Å². The molecule has 0 heterocycles. The maximum atomic E-state index is 10.8. The minimum Gasteiger partial charge on any atom is -0.469 e. The maximum Gasteiger partial charge on any atom is 0.309 e. The summed E-state index contributed by atoms with van der Waals surface area (Å²) in [7, 11) is 1.35. The van der Waals surface area contributed by atoms with E-state index in [0.29, 0.717) is 19.3 Å². The monoisotopic (exact) mass is 142 g/mol. The first-order chi connectivity index (χ1) is 4.74. The number of esters is 1. The lowest BCUT2D eigenvalue weighted by Gasteiger charge is -2.02. The number of Topliss-reactive ketones (excluding diaryl/α,β-unsaturated/α-hetero) is 1. The minimum atomic E-state index is -0.245. The van der Waals surface area contributed by atoms with E-state index in [0.717, 1.165) is 0 Å². The lowest BCUT2D eigenvalue weighted by molar-refractivity contribution is -0.145. The Balaban J connectivity index is 2.44. The third-order valence-corrected chi connectivity index (χ3v) is 1.78. The smallest absolute Gasteiger partial charge is 0.309 e. The number of rotatable bonds is 1. The van der Waals surface area contributed by atoms with Crippen molar-refractivity contribution in [2.75, 3.05) is 7.11 Å². The fraction of sp³-hybridized carbons (Fsp3) is 0.714. The van der Waals surface area contributed by atoms with Gasteiger partial charge in [-0.1, -0.05) is 0 Å². The molecule has 0 N–H and O–H groups in total. The number of methoxy groups -OCH3 is 1. The van der Waals surface area contributed by atoms with Crippen LogP contribution in [0.4, 0.5) is 0 Å². The molecule has 56 valence electrons. The lowest BCUT2D eigenvalue weighted by atomic mass is 10.1. The molecule has 0 aliphatic heterocycles. The van der Waals surface area contributed by atoms with Crippen molar-refractivity contribution in [2.45, 2.75) is 19.3 Å². The highest BCUT2D eigenvalue weighted by Crippen LogP contribution is 2.22. The summed E-state index contributed by atoms with van der Waals surface area (Å²) in [5.74, 6) is -0.223. The number of hydrogen-bond acceptors (Lipinski definition) is 3. The summed E-state index contributed by atoms with van der Waals surface area (Å²) in [6.07, 6.45) is 1.60. The van der Waals surface area contributed by atoms with Gasteiger partial charge in [-0.05, 0) is 6.42 Å². The average molecular weight is 142 g/mol. The molecule has 0 unspecified atom stereocenters. The summed E-state index contributed by atoms with van der Waals surface area (Å²) in [6.45, 7) is 0. The molecule has 1 saturated carbocycles. The van der Waals surface area contributed by atoms with E-state index in [-0.39, 0.29) is 17.7 Å². The molecule has 1 fully saturated rings. The lowest BCUT2D eigenvalue weighted by Crippen LogP contribution is -2.12.